The van der Waals surface area contributed by atoms with Gasteiger partial charge in [-0.2, -0.15) is 0 Å². The average molecular weight is 260 g/mol. The summed E-state index contributed by atoms with van der Waals surface area (Å²) in [6.07, 6.45) is 0.944. The fraction of sp³-hybridized carbons (Fsp3) is 0.200. The van der Waals surface area contributed by atoms with Crippen molar-refractivity contribution in [3.63, 3.8) is 0 Å². The van der Waals surface area contributed by atoms with Crippen molar-refractivity contribution in [1.82, 2.24) is 0 Å². The topological polar surface area (TPSA) is 9.23 Å². The van der Waals surface area contributed by atoms with Crippen molar-refractivity contribution in [2.75, 3.05) is 5.75 Å². The number of rotatable bonds is 3. The van der Waals surface area contributed by atoms with E-state index in [4.69, 9.17) is 4.74 Å². The van der Waals surface area contributed by atoms with Crippen molar-refractivity contribution >= 4 is 11.8 Å². The Hall–Kier alpha value is -1.48. The van der Waals surface area contributed by atoms with Crippen LogP contribution < -0.4 is 4.74 Å². The first-order chi connectivity index (χ1) is 8.81. The molecular formula is C15H13FOS. The van der Waals surface area contributed by atoms with Crippen molar-refractivity contribution in [1.29, 1.82) is 0 Å². The van der Waals surface area contributed by atoms with Gasteiger partial charge in [-0.25, -0.2) is 4.39 Å². The van der Waals surface area contributed by atoms with Crippen LogP contribution in [0.15, 0.2) is 53.4 Å². The normalized spacial score (nSPS) is 17.3. The number of thioether (sulfide) groups is 1. The fourth-order valence-electron chi connectivity index (χ4n) is 2.09. The van der Waals surface area contributed by atoms with Gasteiger partial charge >= 0.3 is 0 Å². The van der Waals surface area contributed by atoms with Gasteiger partial charge in [-0.1, -0.05) is 18.2 Å². The lowest BCUT2D eigenvalue weighted by Gasteiger charge is -2.09. The van der Waals surface area contributed by atoms with Gasteiger partial charge in [0, 0.05) is 22.6 Å². The van der Waals surface area contributed by atoms with Gasteiger partial charge in [-0.3, -0.25) is 0 Å². The predicted molar refractivity (Wildman–Crippen MR) is 71.7 cm³/mol. The quantitative estimate of drug-likeness (QED) is 0.773. The summed E-state index contributed by atoms with van der Waals surface area (Å²) in [6, 6.07) is 15.0. The maximum absolute atomic E-state index is 13.1. The maximum Gasteiger partial charge on any atom is 0.123 e. The Balaban J connectivity index is 1.61. The Morgan fingerprint density at radius 2 is 2.00 bits per heavy atom. The van der Waals surface area contributed by atoms with E-state index in [-0.39, 0.29) is 11.9 Å². The highest BCUT2D eigenvalue weighted by Crippen LogP contribution is 2.31. The number of fused-ring (bicyclic) bond motifs is 1. The first kappa shape index (κ1) is 11.6. The number of benzene rings is 2. The minimum Gasteiger partial charge on any atom is -0.489 e. The van der Waals surface area contributed by atoms with Gasteiger partial charge in [0.15, 0.2) is 0 Å². The lowest BCUT2D eigenvalue weighted by Crippen LogP contribution is -2.15. The summed E-state index contributed by atoms with van der Waals surface area (Å²) >= 11 is 1.77. The third-order valence-corrected chi connectivity index (χ3v) is 4.09. The van der Waals surface area contributed by atoms with E-state index in [1.165, 1.54) is 11.0 Å². The summed E-state index contributed by atoms with van der Waals surface area (Å²) in [6.45, 7) is 0. The van der Waals surface area contributed by atoms with Gasteiger partial charge in [-0.05, 0) is 30.3 Å². The van der Waals surface area contributed by atoms with Crippen molar-refractivity contribution in [3.05, 3.63) is 59.9 Å². The second-order valence-electron chi connectivity index (χ2n) is 4.32. The number of hydrogen-bond donors (Lipinski definition) is 0. The zero-order valence-electron chi connectivity index (χ0n) is 9.80. The highest BCUT2D eigenvalue weighted by atomic mass is 32.2. The molecule has 0 saturated heterocycles. The SMILES string of the molecule is Fc1ccc2c(c1)CC(CSc1ccccc1)O2. The first-order valence-electron chi connectivity index (χ1n) is 5.94. The Labute approximate surface area is 110 Å². The van der Waals surface area contributed by atoms with Gasteiger partial charge < -0.3 is 4.74 Å². The molecule has 0 radical (unpaired) electrons. The lowest BCUT2D eigenvalue weighted by molar-refractivity contribution is 0.259. The van der Waals surface area contributed by atoms with Crippen LogP contribution in [-0.2, 0) is 6.42 Å². The van der Waals surface area contributed by atoms with Crippen molar-refractivity contribution in [2.45, 2.75) is 17.4 Å². The monoisotopic (exact) mass is 260 g/mol. The van der Waals surface area contributed by atoms with E-state index in [0.29, 0.717) is 0 Å². The van der Waals surface area contributed by atoms with Crippen LogP contribution in [0.25, 0.3) is 0 Å². The molecule has 1 atom stereocenters. The predicted octanol–water partition coefficient (Wildman–Crippen LogP) is 3.92. The molecule has 0 fully saturated rings. The first-order valence-corrected chi connectivity index (χ1v) is 6.93. The van der Waals surface area contributed by atoms with E-state index in [0.717, 1.165) is 23.5 Å². The van der Waals surface area contributed by atoms with E-state index >= 15 is 0 Å². The Morgan fingerprint density at radius 1 is 1.17 bits per heavy atom. The molecule has 1 aliphatic rings. The number of hydrogen-bond acceptors (Lipinski definition) is 2. The maximum atomic E-state index is 13.1. The van der Waals surface area contributed by atoms with Crippen LogP contribution in [0.5, 0.6) is 5.75 Å². The summed E-state index contributed by atoms with van der Waals surface area (Å²) in [5.41, 5.74) is 0.980. The Bertz CT molecular complexity index is 541. The average Bonchev–Trinajstić information content (AvgIpc) is 2.79. The van der Waals surface area contributed by atoms with Crippen molar-refractivity contribution in [3.8, 4) is 5.75 Å². The third-order valence-electron chi connectivity index (χ3n) is 2.94. The molecule has 0 spiro atoms. The summed E-state index contributed by atoms with van der Waals surface area (Å²) in [5.74, 6) is 1.53. The third kappa shape index (κ3) is 2.51. The second-order valence-corrected chi connectivity index (χ2v) is 5.41. The summed E-state index contributed by atoms with van der Waals surface area (Å²) in [5, 5.41) is 0. The van der Waals surface area contributed by atoms with Crippen LogP contribution in [0, 0.1) is 5.82 Å². The Kier molecular flexibility index (Phi) is 3.24. The van der Waals surface area contributed by atoms with Crippen LogP contribution >= 0.6 is 11.8 Å². The standard InChI is InChI=1S/C15H13FOS/c16-12-6-7-15-11(8-12)9-13(17-15)10-18-14-4-2-1-3-5-14/h1-8,13H,9-10H2. The van der Waals surface area contributed by atoms with Crippen molar-refractivity contribution in [2.24, 2.45) is 0 Å². The summed E-state index contributed by atoms with van der Waals surface area (Å²) in [7, 11) is 0. The van der Waals surface area contributed by atoms with Crippen molar-refractivity contribution < 1.29 is 9.13 Å². The number of ether oxygens (including phenoxy) is 1. The van der Waals surface area contributed by atoms with Gasteiger partial charge in [-0.15, -0.1) is 11.8 Å². The molecule has 3 rings (SSSR count). The van der Waals surface area contributed by atoms with E-state index in [9.17, 15) is 4.39 Å². The molecule has 0 saturated carbocycles. The molecule has 18 heavy (non-hydrogen) atoms. The van der Waals surface area contributed by atoms with Crippen LogP contribution in [-0.4, -0.2) is 11.9 Å². The van der Waals surface area contributed by atoms with Gasteiger partial charge in [0.1, 0.15) is 17.7 Å². The van der Waals surface area contributed by atoms with E-state index < -0.39 is 0 Å². The van der Waals surface area contributed by atoms with Crippen LogP contribution in [0.1, 0.15) is 5.56 Å². The molecule has 1 heterocycles. The smallest absolute Gasteiger partial charge is 0.123 e. The fourth-order valence-corrected chi connectivity index (χ4v) is 3.00. The van der Waals surface area contributed by atoms with Crippen LogP contribution in [0.2, 0.25) is 0 Å². The second kappa shape index (κ2) is 5.02. The minimum atomic E-state index is -0.186. The minimum absolute atomic E-state index is 0.145. The van der Waals surface area contributed by atoms with Crippen LogP contribution in [0.4, 0.5) is 4.39 Å². The molecular weight excluding hydrogens is 247 g/mol. The molecule has 1 unspecified atom stereocenters. The van der Waals surface area contributed by atoms with E-state index in [1.807, 2.05) is 18.2 Å². The molecule has 0 aromatic heterocycles. The van der Waals surface area contributed by atoms with Gasteiger partial charge in [0.25, 0.3) is 0 Å². The lowest BCUT2D eigenvalue weighted by atomic mass is 10.1. The van der Waals surface area contributed by atoms with Crippen LogP contribution in [0.3, 0.4) is 0 Å². The molecule has 0 aliphatic carbocycles. The highest BCUT2D eigenvalue weighted by molar-refractivity contribution is 7.99. The molecule has 0 N–H and O–H groups in total. The molecule has 0 bridgehead atoms. The summed E-state index contributed by atoms with van der Waals surface area (Å²) < 4.78 is 18.9. The molecule has 2 aromatic rings. The number of halogens is 1. The van der Waals surface area contributed by atoms with Gasteiger partial charge in [0.2, 0.25) is 0 Å². The molecule has 0 amide bonds. The van der Waals surface area contributed by atoms with E-state index in [1.54, 1.807) is 23.9 Å². The zero-order valence-corrected chi connectivity index (χ0v) is 10.6. The summed E-state index contributed by atoms with van der Waals surface area (Å²) in [4.78, 5) is 1.24. The van der Waals surface area contributed by atoms with Gasteiger partial charge in [0.05, 0.1) is 0 Å². The Morgan fingerprint density at radius 3 is 2.83 bits per heavy atom. The molecule has 1 nitrogen and oxygen atoms in total. The van der Waals surface area contributed by atoms with E-state index in [2.05, 4.69) is 12.1 Å². The molecule has 2 aromatic carbocycles. The molecule has 1 aliphatic heterocycles. The zero-order chi connectivity index (χ0) is 12.4. The molecule has 3 heteroatoms. The molecule has 92 valence electrons. The highest BCUT2D eigenvalue weighted by Gasteiger charge is 2.23. The largest absolute Gasteiger partial charge is 0.489 e.